The van der Waals surface area contributed by atoms with Gasteiger partial charge in [-0.2, -0.15) is 0 Å². The van der Waals surface area contributed by atoms with E-state index < -0.39 is 0 Å². The van der Waals surface area contributed by atoms with Crippen LogP contribution in [0.2, 0.25) is 0 Å². The normalized spacial score (nSPS) is 13.2. The van der Waals surface area contributed by atoms with Crippen LogP contribution in [-0.2, 0) is 28.5 Å². The molecule has 1 saturated heterocycles. The largest absolute Gasteiger partial charge is 0.465 e. The first-order valence-electron chi connectivity index (χ1n) is 32.7. The third-order valence-corrected chi connectivity index (χ3v) is 15.9. The second-order valence-electron chi connectivity index (χ2n) is 23.0. The summed E-state index contributed by atoms with van der Waals surface area (Å²) >= 11 is 0. The number of nitrogens with zero attached hydrogens (tertiary/aromatic N) is 4. The van der Waals surface area contributed by atoms with Crippen LogP contribution in [0.25, 0.3) is 0 Å². The lowest BCUT2D eigenvalue weighted by Crippen LogP contribution is -2.47. The van der Waals surface area contributed by atoms with Crippen molar-refractivity contribution in [3.8, 4) is 0 Å². The summed E-state index contributed by atoms with van der Waals surface area (Å²) in [5.74, 6) is 0.749. The van der Waals surface area contributed by atoms with Crippen LogP contribution in [0.15, 0.2) is 0 Å². The Morgan fingerprint density at radius 1 is 0.395 bits per heavy atom. The highest BCUT2D eigenvalue weighted by molar-refractivity contribution is 5.70. The van der Waals surface area contributed by atoms with E-state index in [1.807, 2.05) is 9.80 Å². The molecule has 0 atom stereocenters. The molecule has 0 saturated carbocycles. The lowest BCUT2D eigenvalue weighted by molar-refractivity contribution is -0.146. The first kappa shape index (κ1) is 71.4. The first-order chi connectivity index (χ1) is 37.1. The molecule has 1 heterocycles. The summed E-state index contributed by atoms with van der Waals surface area (Å²) in [5, 5.41) is 0. The molecule has 76 heavy (non-hydrogen) atoms. The monoisotopic (exact) mass is 1080 g/mol. The first-order valence-corrected chi connectivity index (χ1v) is 32.7. The number of esters is 2. The third kappa shape index (κ3) is 40.6. The minimum Gasteiger partial charge on any atom is -0.465 e. The van der Waals surface area contributed by atoms with E-state index in [2.05, 4.69) is 58.4 Å². The van der Waals surface area contributed by atoms with Crippen molar-refractivity contribution in [3.63, 3.8) is 0 Å². The van der Waals surface area contributed by atoms with Gasteiger partial charge in [-0.1, -0.05) is 196 Å². The Balaban J connectivity index is 2.81. The van der Waals surface area contributed by atoms with Crippen LogP contribution < -0.4 is 0 Å². The van der Waals surface area contributed by atoms with Crippen LogP contribution in [0, 0.1) is 11.8 Å². The standard InChI is InChI=1S/C64H124N4O8/c1-8-14-20-22-24-34-46-67(48-36-26-32-42-61(69)75-56-58(38-28-16-10-3)39-29-17-11-4)63(71)73-54-52-66(60-44-50-65(7)51-45-60)53-55-74-64(72)68(47-35-25-23-21-15-9-2)49-37-27-33-43-62(70)76-57-59(40-30-18-12-5)41-31-19-13-6/h58-60H,8-57H2,1-7H3. The highest BCUT2D eigenvalue weighted by Crippen LogP contribution is 2.21. The number of unbranched alkanes of at least 4 members (excludes halogenated alkanes) is 22. The number of likely N-dealkylation sites (tertiary alicyclic amines) is 1. The fraction of sp³-hybridized carbons (Fsp3) is 0.938. The van der Waals surface area contributed by atoms with Crippen molar-refractivity contribution in [2.75, 3.05) is 85.8 Å². The molecule has 0 radical (unpaired) electrons. The molecule has 0 N–H and O–H groups in total. The zero-order chi connectivity index (χ0) is 55.5. The van der Waals surface area contributed by atoms with Gasteiger partial charge in [0.2, 0.25) is 0 Å². The van der Waals surface area contributed by atoms with E-state index in [9.17, 15) is 19.2 Å². The molecule has 0 aromatic rings. The van der Waals surface area contributed by atoms with E-state index in [1.54, 1.807) is 0 Å². The van der Waals surface area contributed by atoms with Crippen molar-refractivity contribution in [2.24, 2.45) is 11.8 Å². The molecule has 1 aliphatic rings. The van der Waals surface area contributed by atoms with Crippen molar-refractivity contribution in [3.05, 3.63) is 0 Å². The molecule has 0 aromatic heterocycles. The van der Waals surface area contributed by atoms with E-state index in [0.29, 0.717) is 83.2 Å². The third-order valence-electron chi connectivity index (χ3n) is 15.9. The van der Waals surface area contributed by atoms with Crippen LogP contribution in [0.5, 0.6) is 0 Å². The maximum atomic E-state index is 13.8. The predicted octanol–water partition coefficient (Wildman–Crippen LogP) is 16.7. The van der Waals surface area contributed by atoms with Crippen molar-refractivity contribution >= 4 is 24.1 Å². The van der Waals surface area contributed by atoms with Crippen molar-refractivity contribution < 1.29 is 38.1 Å². The Kier molecular flexibility index (Phi) is 48.7. The molecule has 2 amide bonds. The number of hydrogen-bond donors (Lipinski definition) is 0. The molecular weight excluding hydrogens is 953 g/mol. The van der Waals surface area contributed by atoms with E-state index in [1.165, 1.54) is 128 Å². The van der Waals surface area contributed by atoms with Gasteiger partial charge < -0.3 is 33.6 Å². The Labute approximate surface area is 469 Å². The number of carbonyl (C=O) groups is 4. The van der Waals surface area contributed by atoms with E-state index >= 15 is 0 Å². The zero-order valence-corrected chi connectivity index (χ0v) is 51.1. The lowest BCUT2D eigenvalue weighted by Gasteiger charge is -2.37. The molecule has 0 bridgehead atoms. The van der Waals surface area contributed by atoms with Crippen molar-refractivity contribution in [2.45, 2.75) is 292 Å². The molecule has 0 aromatic carbocycles. The number of rotatable bonds is 53. The molecule has 1 rings (SSSR count). The number of ether oxygens (including phenoxy) is 4. The summed E-state index contributed by atoms with van der Waals surface area (Å²) in [6, 6.07) is 0.325. The number of carbonyl (C=O) groups excluding carboxylic acids is 4. The summed E-state index contributed by atoms with van der Waals surface area (Å²) < 4.78 is 23.7. The summed E-state index contributed by atoms with van der Waals surface area (Å²) in [6.45, 7) is 20.8. The highest BCUT2D eigenvalue weighted by atomic mass is 16.6. The fourth-order valence-corrected chi connectivity index (χ4v) is 10.7. The van der Waals surface area contributed by atoms with Crippen molar-refractivity contribution in [1.82, 2.24) is 19.6 Å². The Morgan fingerprint density at radius 3 is 1.04 bits per heavy atom. The Morgan fingerprint density at radius 2 is 0.697 bits per heavy atom. The molecule has 12 heteroatoms. The highest BCUT2D eigenvalue weighted by Gasteiger charge is 2.25. The van der Waals surface area contributed by atoms with Crippen LogP contribution in [0.3, 0.4) is 0 Å². The topological polar surface area (TPSA) is 118 Å². The van der Waals surface area contributed by atoms with Gasteiger partial charge >= 0.3 is 24.1 Å². The van der Waals surface area contributed by atoms with Gasteiger partial charge in [0, 0.05) is 58.2 Å². The summed E-state index contributed by atoms with van der Waals surface area (Å²) in [7, 11) is 2.17. The number of piperidine rings is 1. The number of amides is 2. The second kappa shape index (κ2) is 51.8. The molecule has 0 aliphatic carbocycles. The average molecular weight is 1080 g/mol. The van der Waals surface area contributed by atoms with Gasteiger partial charge in [-0.15, -0.1) is 0 Å². The number of hydrogen-bond acceptors (Lipinski definition) is 10. The maximum Gasteiger partial charge on any atom is 0.409 e. The molecule has 0 unspecified atom stereocenters. The second-order valence-corrected chi connectivity index (χ2v) is 23.0. The molecule has 448 valence electrons. The summed E-state index contributed by atoms with van der Waals surface area (Å²) in [6.07, 6.45) is 40.3. The molecule has 12 nitrogen and oxygen atoms in total. The quantitative estimate of drug-likeness (QED) is 0.0331. The van der Waals surface area contributed by atoms with Gasteiger partial charge in [-0.3, -0.25) is 14.5 Å². The SMILES string of the molecule is CCCCCCCCN(CCCCCC(=O)OCC(CCCCC)CCCCC)C(=O)OCCN(CCOC(=O)N(CCCCCCCC)CCCCCC(=O)OCC(CCCCC)CCCCC)C1CCN(C)CC1. The van der Waals surface area contributed by atoms with Crippen LogP contribution in [-0.4, -0.2) is 136 Å². The van der Waals surface area contributed by atoms with Gasteiger partial charge in [0.15, 0.2) is 0 Å². The summed E-state index contributed by atoms with van der Waals surface area (Å²) in [4.78, 5) is 61.6. The van der Waals surface area contributed by atoms with E-state index in [4.69, 9.17) is 18.9 Å². The maximum absolute atomic E-state index is 13.8. The summed E-state index contributed by atoms with van der Waals surface area (Å²) in [5.41, 5.74) is 0. The van der Waals surface area contributed by atoms with Gasteiger partial charge in [0.25, 0.3) is 0 Å². The molecule has 0 spiro atoms. The van der Waals surface area contributed by atoms with Gasteiger partial charge in [-0.05, 0) is 109 Å². The van der Waals surface area contributed by atoms with E-state index in [-0.39, 0.29) is 37.3 Å². The van der Waals surface area contributed by atoms with Crippen molar-refractivity contribution in [1.29, 1.82) is 0 Å². The van der Waals surface area contributed by atoms with E-state index in [0.717, 1.165) is 116 Å². The fourth-order valence-electron chi connectivity index (χ4n) is 10.7. The smallest absolute Gasteiger partial charge is 0.409 e. The predicted molar refractivity (Wildman–Crippen MR) is 317 cm³/mol. The van der Waals surface area contributed by atoms with Crippen LogP contribution in [0.1, 0.15) is 286 Å². The van der Waals surface area contributed by atoms with Gasteiger partial charge in [0.05, 0.1) is 13.2 Å². The van der Waals surface area contributed by atoms with Crippen LogP contribution in [0.4, 0.5) is 9.59 Å². The minimum atomic E-state index is -0.258. The molecule has 1 aliphatic heterocycles. The molecular formula is C64H124N4O8. The Bertz CT molecular complexity index is 1240. The minimum absolute atomic E-state index is 0.0924. The molecule has 1 fully saturated rings. The van der Waals surface area contributed by atoms with Gasteiger partial charge in [0.1, 0.15) is 13.2 Å². The van der Waals surface area contributed by atoms with Crippen LogP contribution >= 0.6 is 0 Å². The lowest BCUT2D eigenvalue weighted by atomic mass is 9.96. The Hall–Kier alpha value is -2.60. The zero-order valence-electron chi connectivity index (χ0n) is 51.1. The van der Waals surface area contributed by atoms with Gasteiger partial charge in [-0.25, -0.2) is 9.59 Å². The average Bonchev–Trinajstić information content (AvgIpc) is 3.41.